The van der Waals surface area contributed by atoms with E-state index in [4.69, 9.17) is 5.11 Å². The van der Waals surface area contributed by atoms with Crippen LogP contribution < -0.4 is 5.32 Å². The van der Waals surface area contributed by atoms with Gasteiger partial charge < -0.3 is 15.3 Å². The molecular formula is C10H17N3O3. The van der Waals surface area contributed by atoms with Crippen molar-refractivity contribution in [3.8, 4) is 0 Å². The predicted octanol–water partition coefficient (Wildman–Crippen LogP) is 0.914. The zero-order chi connectivity index (χ0) is 12.3. The molecule has 1 aliphatic rings. The van der Waals surface area contributed by atoms with Crippen molar-refractivity contribution in [1.29, 1.82) is 0 Å². The van der Waals surface area contributed by atoms with Crippen LogP contribution in [0, 0.1) is 0 Å². The van der Waals surface area contributed by atoms with E-state index < -0.39 is 6.09 Å². The molecular weight excluding hydrogens is 210 g/mol. The van der Waals surface area contributed by atoms with E-state index in [9.17, 15) is 9.59 Å². The van der Waals surface area contributed by atoms with Gasteiger partial charge in [0.2, 0.25) is 0 Å². The lowest BCUT2D eigenvalue weighted by atomic mass is 10.2. The summed E-state index contributed by atoms with van der Waals surface area (Å²) in [6.07, 6.45) is -0.298. The molecule has 0 bridgehead atoms. The van der Waals surface area contributed by atoms with Crippen molar-refractivity contribution in [3.05, 3.63) is 12.3 Å². The van der Waals surface area contributed by atoms with Crippen LogP contribution >= 0.6 is 0 Å². The van der Waals surface area contributed by atoms with Gasteiger partial charge in [0.25, 0.3) is 0 Å². The monoisotopic (exact) mass is 227 g/mol. The molecule has 6 nitrogen and oxygen atoms in total. The van der Waals surface area contributed by atoms with E-state index in [2.05, 4.69) is 11.9 Å². The Labute approximate surface area is 94.5 Å². The highest BCUT2D eigenvalue weighted by Gasteiger charge is 2.32. The highest BCUT2D eigenvalue weighted by molar-refractivity contribution is 5.76. The van der Waals surface area contributed by atoms with E-state index in [1.807, 2.05) is 0 Å². The van der Waals surface area contributed by atoms with Crippen LogP contribution in [0.4, 0.5) is 9.59 Å². The van der Waals surface area contributed by atoms with Crippen LogP contribution in [0.5, 0.6) is 0 Å². The standard InChI is InChI=1S/C10H17N3O3/c1-7(2)13(9(14)11-3)8-4-5-12(6-8)10(15)16/h8H,1,4-6H2,2-3H3,(H,11,14)(H,15,16). The molecule has 0 saturated carbocycles. The highest BCUT2D eigenvalue weighted by atomic mass is 16.4. The molecule has 1 aliphatic heterocycles. The zero-order valence-electron chi connectivity index (χ0n) is 9.56. The number of carbonyl (C=O) groups excluding carboxylic acids is 1. The number of rotatable bonds is 2. The summed E-state index contributed by atoms with van der Waals surface area (Å²) in [4.78, 5) is 25.2. The maximum absolute atomic E-state index is 11.6. The normalized spacial score (nSPS) is 19.4. The first-order valence-electron chi connectivity index (χ1n) is 5.11. The molecule has 90 valence electrons. The number of nitrogens with one attached hydrogen (secondary N) is 1. The van der Waals surface area contributed by atoms with Crippen molar-refractivity contribution in [3.63, 3.8) is 0 Å². The summed E-state index contributed by atoms with van der Waals surface area (Å²) < 4.78 is 0. The Morgan fingerprint density at radius 3 is 2.56 bits per heavy atom. The Morgan fingerprint density at radius 2 is 2.19 bits per heavy atom. The lowest BCUT2D eigenvalue weighted by Gasteiger charge is -2.28. The van der Waals surface area contributed by atoms with E-state index in [1.54, 1.807) is 14.0 Å². The van der Waals surface area contributed by atoms with Gasteiger partial charge in [-0.1, -0.05) is 6.58 Å². The summed E-state index contributed by atoms with van der Waals surface area (Å²) in [5, 5.41) is 11.4. The number of hydrogen-bond donors (Lipinski definition) is 2. The SMILES string of the molecule is C=C(C)N(C(=O)NC)C1CCN(C(=O)O)C1. The fourth-order valence-corrected chi connectivity index (χ4v) is 1.90. The molecule has 0 radical (unpaired) electrons. The first kappa shape index (κ1) is 12.4. The Balaban J connectivity index is 2.72. The van der Waals surface area contributed by atoms with Gasteiger partial charge in [-0.3, -0.25) is 4.90 Å². The van der Waals surface area contributed by atoms with Gasteiger partial charge in [0.15, 0.2) is 0 Å². The number of hydrogen-bond acceptors (Lipinski definition) is 2. The largest absolute Gasteiger partial charge is 0.465 e. The minimum absolute atomic E-state index is 0.117. The van der Waals surface area contributed by atoms with Crippen molar-refractivity contribution in [2.24, 2.45) is 0 Å². The smallest absolute Gasteiger partial charge is 0.407 e. The van der Waals surface area contributed by atoms with Crippen LogP contribution in [0.25, 0.3) is 0 Å². The summed E-state index contributed by atoms with van der Waals surface area (Å²) in [6.45, 7) is 6.27. The molecule has 1 rings (SSSR count). The van der Waals surface area contributed by atoms with Crippen LogP contribution in [-0.4, -0.2) is 53.2 Å². The summed E-state index contributed by atoms with van der Waals surface area (Å²) in [5.74, 6) is 0. The number of nitrogens with zero attached hydrogens (tertiary/aromatic N) is 2. The maximum atomic E-state index is 11.6. The van der Waals surface area contributed by atoms with Gasteiger partial charge in [0.05, 0.1) is 6.04 Å². The number of urea groups is 1. The Morgan fingerprint density at radius 1 is 1.56 bits per heavy atom. The highest BCUT2D eigenvalue weighted by Crippen LogP contribution is 2.19. The predicted molar refractivity (Wildman–Crippen MR) is 59.1 cm³/mol. The first-order chi connectivity index (χ1) is 7.47. The first-order valence-corrected chi connectivity index (χ1v) is 5.11. The van der Waals surface area contributed by atoms with Crippen LogP contribution in [0.15, 0.2) is 12.3 Å². The lowest BCUT2D eigenvalue weighted by Crippen LogP contribution is -2.45. The molecule has 3 amide bonds. The average Bonchev–Trinajstić information content (AvgIpc) is 2.66. The van der Waals surface area contributed by atoms with E-state index in [-0.39, 0.29) is 12.1 Å². The summed E-state index contributed by atoms with van der Waals surface area (Å²) in [7, 11) is 1.54. The molecule has 6 heteroatoms. The lowest BCUT2D eigenvalue weighted by molar-refractivity contribution is 0.150. The number of carboxylic acid groups (broad SMARTS) is 1. The van der Waals surface area contributed by atoms with Crippen molar-refractivity contribution in [2.45, 2.75) is 19.4 Å². The van der Waals surface area contributed by atoms with Crippen molar-refractivity contribution < 1.29 is 14.7 Å². The molecule has 0 spiro atoms. The van der Waals surface area contributed by atoms with E-state index >= 15 is 0 Å². The summed E-state index contributed by atoms with van der Waals surface area (Å²) >= 11 is 0. The number of likely N-dealkylation sites (tertiary alicyclic amines) is 1. The third-order valence-corrected chi connectivity index (χ3v) is 2.64. The second-order valence-corrected chi connectivity index (χ2v) is 3.83. The number of amides is 3. The van der Waals surface area contributed by atoms with Gasteiger partial charge in [0, 0.05) is 25.8 Å². The molecule has 1 unspecified atom stereocenters. The summed E-state index contributed by atoms with van der Waals surface area (Å²) in [6, 6.07) is -0.363. The van der Waals surface area contributed by atoms with Crippen molar-refractivity contribution in [1.82, 2.24) is 15.1 Å². The van der Waals surface area contributed by atoms with Gasteiger partial charge in [-0.15, -0.1) is 0 Å². The molecule has 0 aromatic heterocycles. The summed E-state index contributed by atoms with van der Waals surface area (Å²) in [5.41, 5.74) is 0.622. The van der Waals surface area contributed by atoms with Gasteiger partial charge in [-0.05, 0) is 13.3 Å². The minimum atomic E-state index is -0.943. The molecule has 1 saturated heterocycles. The van der Waals surface area contributed by atoms with E-state index in [1.165, 1.54) is 9.80 Å². The molecule has 2 N–H and O–H groups in total. The molecule has 1 atom stereocenters. The number of allylic oxidation sites excluding steroid dienone is 1. The fraction of sp³-hybridized carbons (Fsp3) is 0.600. The molecule has 1 fully saturated rings. The Kier molecular flexibility index (Phi) is 3.76. The Bertz CT molecular complexity index is 316. The average molecular weight is 227 g/mol. The minimum Gasteiger partial charge on any atom is -0.465 e. The van der Waals surface area contributed by atoms with Crippen molar-refractivity contribution in [2.75, 3.05) is 20.1 Å². The molecule has 16 heavy (non-hydrogen) atoms. The van der Waals surface area contributed by atoms with E-state index in [0.717, 1.165) is 0 Å². The van der Waals surface area contributed by atoms with Gasteiger partial charge >= 0.3 is 12.1 Å². The van der Waals surface area contributed by atoms with Crippen LogP contribution in [0.3, 0.4) is 0 Å². The fourth-order valence-electron chi connectivity index (χ4n) is 1.90. The van der Waals surface area contributed by atoms with Crippen LogP contribution in [0.2, 0.25) is 0 Å². The third-order valence-electron chi connectivity index (χ3n) is 2.64. The third kappa shape index (κ3) is 2.44. The van der Waals surface area contributed by atoms with Crippen LogP contribution in [-0.2, 0) is 0 Å². The second-order valence-electron chi connectivity index (χ2n) is 3.83. The second kappa shape index (κ2) is 4.87. The number of carbonyl (C=O) groups is 2. The van der Waals surface area contributed by atoms with E-state index in [0.29, 0.717) is 25.2 Å². The van der Waals surface area contributed by atoms with Gasteiger partial charge in [-0.2, -0.15) is 0 Å². The zero-order valence-corrected chi connectivity index (χ0v) is 9.56. The van der Waals surface area contributed by atoms with Crippen LogP contribution in [0.1, 0.15) is 13.3 Å². The molecule has 1 heterocycles. The Hall–Kier alpha value is -1.72. The molecule has 0 aliphatic carbocycles. The molecule has 0 aromatic rings. The molecule has 0 aromatic carbocycles. The van der Waals surface area contributed by atoms with Gasteiger partial charge in [0.1, 0.15) is 0 Å². The van der Waals surface area contributed by atoms with Crippen molar-refractivity contribution >= 4 is 12.1 Å². The quantitative estimate of drug-likeness (QED) is 0.736. The van der Waals surface area contributed by atoms with Gasteiger partial charge in [-0.25, -0.2) is 9.59 Å². The maximum Gasteiger partial charge on any atom is 0.407 e. The topological polar surface area (TPSA) is 72.9 Å².